The Morgan fingerprint density at radius 3 is 2.07 bits per heavy atom. The molecule has 6 heterocycles. The lowest BCUT2D eigenvalue weighted by atomic mass is 10.0. The second-order valence-corrected chi connectivity index (χ2v) is 18.4. The molecule has 4 N–H and O–H groups in total. The summed E-state index contributed by atoms with van der Waals surface area (Å²) in [4.78, 5) is 28.0. The van der Waals surface area contributed by atoms with Crippen LogP contribution in [0.3, 0.4) is 0 Å². The monoisotopic (exact) mass is 1020 g/mol. The molecule has 4 aromatic heterocycles. The number of morpholine rings is 2. The molecule has 1 unspecified atom stereocenters. The average molecular weight is 1020 g/mol. The molecule has 10 rings (SSSR count). The Labute approximate surface area is 410 Å². The number of ether oxygens (including phenoxy) is 2. The van der Waals surface area contributed by atoms with Crippen LogP contribution in [0.2, 0.25) is 0 Å². The number of nitro benzene ring substituents is 1. The number of halogens is 8. The smallest absolute Gasteiger partial charge is 0.399 e. The van der Waals surface area contributed by atoms with E-state index in [1.165, 1.54) is 31.3 Å². The summed E-state index contributed by atoms with van der Waals surface area (Å²) in [6.45, 7) is 7.58. The van der Waals surface area contributed by atoms with E-state index in [-0.39, 0.29) is 66.3 Å². The largest absolute Gasteiger partial charge is 0.416 e. The summed E-state index contributed by atoms with van der Waals surface area (Å²) in [5.74, 6) is -0.341. The van der Waals surface area contributed by atoms with Crippen molar-refractivity contribution in [2.75, 3.05) is 72.2 Å². The number of nitrogens with one attached hydrogen (secondary N) is 2. The maximum Gasteiger partial charge on any atom is 0.416 e. The average Bonchev–Trinajstić information content (AvgIpc) is 4.05. The lowest BCUT2D eigenvalue weighted by Crippen LogP contribution is -2.51. The molecule has 0 bridgehead atoms. The highest BCUT2D eigenvalue weighted by Gasteiger charge is 2.36. The SMILES string of the molecule is C[C@@H](Nc1nc2nccn2c2cc(F)c(N3CCOC([C@@H](C)C[n+]4c(N[C@H](C)c5cc(N)cc(C(F)(F)F)c5)c5cc(N6CCOCC6)c(F)cc5n5ccnc54)C3)cc12)c1cc([N+](=O)[O-])cc(C(F)(F)F)c1. The third kappa shape index (κ3) is 9.51. The second kappa shape index (κ2) is 18.8. The van der Waals surface area contributed by atoms with Gasteiger partial charge in [-0.1, -0.05) is 6.92 Å². The number of rotatable bonds is 12. The number of nitrogens with zero attached hydrogens (tertiary/aromatic N) is 9. The Kier molecular flexibility index (Phi) is 12.6. The van der Waals surface area contributed by atoms with Gasteiger partial charge in [0.05, 0.1) is 89.1 Å². The molecule has 2 aliphatic rings. The molecule has 2 saturated heterocycles. The van der Waals surface area contributed by atoms with Gasteiger partial charge >= 0.3 is 18.1 Å². The molecule has 0 spiro atoms. The number of hydrogen-bond donors (Lipinski definition) is 3. The highest BCUT2D eigenvalue weighted by molar-refractivity contribution is 5.94. The maximum absolute atomic E-state index is 16.6. The summed E-state index contributed by atoms with van der Waals surface area (Å²) in [6, 6.07) is 9.98. The number of alkyl halides is 6. The molecule has 0 radical (unpaired) electrons. The van der Waals surface area contributed by atoms with Crippen molar-refractivity contribution in [3.05, 3.63) is 129 Å². The number of nitro groups is 1. The minimum Gasteiger partial charge on any atom is -0.399 e. The van der Waals surface area contributed by atoms with Crippen LogP contribution in [0.4, 0.5) is 69.5 Å². The summed E-state index contributed by atoms with van der Waals surface area (Å²) in [6.07, 6.45) is -3.80. The Bertz CT molecular complexity index is 3430. The van der Waals surface area contributed by atoms with Gasteiger partial charge in [-0.05, 0) is 61.4 Å². The summed E-state index contributed by atoms with van der Waals surface area (Å²) in [5, 5.41) is 19.1. The van der Waals surface area contributed by atoms with Gasteiger partial charge in [-0.15, -0.1) is 4.98 Å². The van der Waals surface area contributed by atoms with Gasteiger partial charge in [0.15, 0.2) is 0 Å². The molecule has 382 valence electrons. The fourth-order valence-corrected chi connectivity index (χ4v) is 9.73. The van der Waals surface area contributed by atoms with Crippen LogP contribution in [-0.2, 0) is 28.4 Å². The molecule has 16 nitrogen and oxygen atoms in total. The van der Waals surface area contributed by atoms with Crippen LogP contribution in [0.1, 0.15) is 55.1 Å². The van der Waals surface area contributed by atoms with E-state index in [1.54, 1.807) is 46.4 Å². The van der Waals surface area contributed by atoms with Crippen LogP contribution in [0.15, 0.2) is 85.5 Å². The minimum atomic E-state index is -4.86. The molecule has 2 aliphatic heterocycles. The fourth-order valence-electron chi connectivity index (χ4n) is 9.73. The molecule has 73 heavy (non-hydrogen) atoms. The van der Waals surface area contributed by atoms with E-state index in [9.17, 15) is 36.5 Å². The highest BCUT2D eigenvalue weighted by atomic mass is 19.4. The van der Waals surface area contributed by atoms with E-state index >= 15 is 8.78 Å². The molecule has 0 saturated carbocycles. The number of benzene rings is 4. The summed E-state index contributed by atoms with van der Waals surface area (Å²) < 4.78 is 134. The van der Waals surface area contributed by atoms with Crippen molar-refractivity contribution in [3.63, 3.8) is 0 Å². The van der Waals surface area contributed by atoms with Gasteiger partial charge in [-0.2, -0.15) is 31.3 Å². The first kappa shape index (κ1) is 49.0. The lowest BCUT2D eigenvalue weighted by Gasteiger charge is -2.37. The normalized spacial score (nSPS) is 17.2. The van der Waals surface area contributed by atoms with E-state index in [2.05, 4.69) is 25.6 Å². The van der Waals surface area contributed by atoms with E-state index in [0.717, 1.165) is 24.3 Å². The van der Waals surface area contributed by atoms with E-state index in [0.29, 0.717) is 71.5 Å². The Morgan fingerprint density at radius 2 is 1.37 bits per heavy atom. The molecular weight excluding hydrogens is 973 g/mol. The number of nitrogen functional groups attached to an aromatic ring is 1. The van der Waals surface area contributed by atoms with E-state index < -0.39 is 63.9 Å². The van der Waals surface area contributed by atoms with Gasteiger partial charge in [0.2, 0.25) is 11.6 Å². The molecule has 24 heteroatoms. The number of non-ortho nitro benzene ring substituents is 1. The molecule has 0 amide bonds. The topological polar surface area (TPSA) is 170 Å². The minimum absolute atomic E-state index is 0.0400. The maximum atomic E-state index is 16.6. The number of nitrogens with two attached hydrogens (primary N) is 1. The molecule has 2 fully saturated rings. The number of fused-ring (bicyclic) bond motifs is 6. The zero-order chi connectivity index (χ0) is 51.7. The molecule has 4 aromatic carbocycles. The first-order chi connectivity index (χ1) is 34.7. The standard InChI is InChI=1S/C49H46F8N12O4/c1-26(24-68-45(62-28(3)29-14-31(48(52,53)54)18-33(58)16-29)36-21-41(64-8-11-72-12-9-64)37(50)23-40(36)67-7-5-60-47(67)68)43-25-65(10-13-73-43)42-20-35-39(22-38(42)51)66-6-4-59-46(66)63-44(35)61-27(2)30-15-32(49(55,56)57)19-34(17-30)69(70)71/h4-7,14-23,26-28,43H,8-13,24-25,58H2,1-3H3,(H,59,61,63)/p+1/t26-,27+,28+,43?/m0/s1. The number of aromatic nitrogens is 6. The van der Waals surface area contributed by atoms with Crippen molar-refractivity contribution in [2.45, 2.75) is 57.9 Å². The summed E-state index contributed by atoms with van der Waals surface area (Å²) in [5.41, 5.74) is 4.55. The van der Waals surface area contributed by atoms with Gasteiger partial charge in [0, 0.05) is 79.8 Å². The quantitative estimate of drug-likeness (QED) is 0.0349. The van der Waals surface area contributed by atoms with Crippen LogP contribution >= 0.6 is 0 Å². The van der Waals surface area contributed by atoms with Crippen LogP contribution < -0.4 is 30.7 Å². The Morgan fingerprint density at radius 1 is 0.767 bits per heavy atom. The van der Waals surface area contributed by atoms with Gasteiger partial charge in [-0.25, -0.2) is 22.7 Å². The molecular formula is C49H47F8N12O4+. The van der Waals surface area contributed by atoms with Crippen LogP contribution in [-0.4, -0.2) is 80.8 Å². The fraction of sp³-hybridized carbons (Fsp3) is 0.347. The van der Waals surface area contributed by atoms with E-state index in [1.807, 2.05) is 21.3 Å². The van der Waals surface area contributed by atoms with Crippen molar-refractivity contribution in [3.8, 4) is 0 Å². The van der Waals surface area contributed by atoms with Crippen LogP contribution in [0.25, 0.3) is 33.4 Å². The number of imidazole rings is 2. The zero-order valence-electron chi connectivity index (χ0n) is 39.3. The number of hydrogen-bond acceptors (Lipinski definition) is 12. The van der Waals surface area contributed by atoms with Crippen molar-refractivity contribution < 1.29 is 54.1 Å². The third-order valence-electron chi connectivity index (χ3n) is 13.5. The van der Waals surface area contributed by atoms with Gasteiger partial charge in [0.25, 0.3) is 5.69 Å². The first-order valence-electron chi connectivity index (χ1n) is 23.3. The molecule has 8 aromatic rings. The Hall–Kier alpha value is -7.60. The predicted molar refractivity (Wildman–Crippen MR) is 255 cm³/mol. The zero-order valence-corrected chi connectivity index (χ0v) is 39.3. The summed E-state index contributed by atoms with van der Waals surface area (Å²) in [7, 11) is 0. The van der Waals surface area contributed by atoms with Crippen LogP contribution in [0.5, 0.6) is 0 Å². The molecule has 0 aliphatic carbocycles. The van der Waals surface area contributed by atoms with Crippen molar-refractivity contribution in [1.82, 2.24) is 23.8 Å². The first-order valence-corrected chi connectivity index (χ1v) is 23.3. The molecule has 4 atom stereocenters. The van der Waals surface area contributed by atoms with Crippen molar-refractivity contribution >= 4 is 67.7 Å². The van der Waals surface area contributed by atoms with Gasteiger partial charge < -0.3 is 35.6 Å². The van der Waals surface area contributed by atoms with Gasteiger partial charge in [-0.3, -0.25) is 14.5 Å². The predicted octanol–water partition coefficient (Wildman–Crippen LogP) is 9.50. The number of anilines is 5. The Balaban J connectivity index is 1.01. The van der Waals surface area contributed by atoms with Crippen LogP contribution in [0, 0.1) is 27.7 Å². The second-order valence-electron chi connectivity index (χ2n) is 18.4. The third-order valence-corrected chi connectivity index (χ3v) is 13.5. The lowest BCUT2D eigenvalue weighted by molar-refractivity contribution is -0.669. The van der Waals surface area contributed by atoms with E-state index in [4.69, 9.17) is 15.2 Å². The van der Waals surface area contributed by atoms with Crippen molar-refractivity contribution in [2.24, 2.45) is 5.92 Å². The van der Waals surface area contributed by atoms with Gasteiger partial charge in [0.1, 0.15) is 29.2 Å². The highest BCUT2D eigenvalue weighted by Crippen LogP contribution is 2.39. The van der Waals surface area contributed by atoms with Crippen molar-refractivity contribution in [1.29, 1.82) is 0 Å². The summed E-state index contributed by atoms with van der Waals surface area (Å²) >= 11 is 0.